The van der Waals surface area contributed by atoms with Crippen LogP contribution in [0.15, 0.2) is 11.4 Å². The normalized spacial score (nSPS) is 20.4. The molecule has 1 aliphatic rings. The van der Waals surface area contributed by atoms with Gasteiger partial charge in [0.25, 0.3) is 5.91 Å². The monoisotopic (exact) mass is 283 g/mol. The number of hydrogen-bond acceptors (Lipinski definition) is 5. The number of nitrogens with two attached hydrogens (primary N) is 1. The number of thiophene rings is 1. The molecule has 0 radical (unpaired) electrons. The van der Waals surface area contributed by atoms with E-state index < -0.39 is 0 Å². The van der Waals surface area contributed by atoms with E-state index in [1.165, 1.54) is 11.3 Å². The second-order valence-electron chi connectivity index (χ2n) is 4.70. The Morgan fingerprint density at radius 3 is 3.26 bits per heavy atom. The van der Waals surface area contributed by atoms with E-state index in [0.29, 0.717) is 11.0 Å². The Hall–Kier alpha value is -0.950. The summed E-state index contributed by atoms with van der Waals surface area (Å²) in [6.07, 6.45) is 2.60. The van der Waals surface area contributed by atoms with Crippen LogP contribution in [0.25, 0.3) is 0 Å². The van der Waals surface area contributed by atoms with E-state index in [0.717, 1.165) is 44.6 Å². The zero-order valence-electron chi connectivity index (χ0n) is 11.2. The van der Waals surface area contributed by atoms with Gasteiger partial charge >= 0.3 is 0 Å². The van der Waals surface area contributed by atoms with Crippen LogP contribution < -0.4 is 11.3 Å². The summed E-state index contributed by atoms with van der Waals surface area (Å²) in [5.74, 6) is 5.00. The number of ether oxygens (including phenoxy) is 1. The van der Waals surface area contributed by atoms with Crippen LogP contribution in [0, 0.1) is 0 Å². The SMILES string of the molecule is CCOC1CCCN(Cc2ccsc2C(=O)NN)C1. The summed E-state index contributed by atoms with van der Waals surface area (Å²) in [5.41, 5.74) is 3.25. The van der Waals surface area contributed by atoms with E-state index >= 15 is 0 Å². The molecule has 1 aromatic heterocycles. The third kappa shape index (κ3) is 3.76. The summed E-state index contributed by atoms with van der Waals surface area (Å²) < 4.78 is 5.69. The minimum atomic E-state index is -0.205. The van der Waals surface area contributed by atoms with Crippen molar-refractivity contribution in [1.29, 1.82) is 0 Å². The first-order chi connectivity index (χ1) is 9.24. The third-order valence-electron chi connectivity index (χ3n) is 3.34. The first-order valence-corrected chi connectivity index (χ1v) is 7.53. The van der Waals surface area contributed by atoms with Gasteiger partial charge in [0.2, 0.25) is 0 Å². The van der Waals surface area contributed by atoms with Crippen molar-refractivity contribution in [2.45, 2.75) is 32.4 Å². The van der Waals surface area contributed by atoms with E-state index in [4.69, 9.17) is 10.6 Å². The number of nitrogens with zero attached hydrogens (tertiary/aromatic N) is 1. The van der Waals surface area contributed by atoms with E-state index in [1.54, 1.807) is 0 Å². The number of nitrogens with one attached hydrogen (secondary N) is 1. The molecule has 1 amide bonds. The molecule has 1 aromatic rings. The highest BCUT2D eigenvalue weighted by molar-refractivity contribution is 7.12. The Bertz CT molecular complexity index is 420. The summed E-state index contributed by atoms with van der Waals surface area (Å²) in [6, 6.07) is 2.00. The molecule has 0 aromatic carbocycles. The number of carbonyl (C=O) groups excluding carboxylic acids is 1. The van der Waals surface area contributed by atoms with E-state index in [2.05, 4.69) is 10.3 Å². The van der Waals surface area contributed by atoms with Crippen molar-refractivity contribution < 1.29 is 9.53 Å². The fourth-order valence-electron chi connectivity index (χ4n) is 2.49. The van der Waals surface area contributed by atoms with Crippen LogP contribution in [-0.4, -0.2) is 36.6 Å². The van der Waals surface area contributed by atoms with E-state index in [-0.39, 0.29) is 5.91 Å². The van der Waals surface area contributed by atoms with Gasteiger partial charge in [-0.15, -0.1) is 11.3 Å². The zero-order valence-corrected chi connectivity index (χ0v) is 12.0. The number of hydrazine groups is 1. The molecule has 1 atom stereocenters. The average molecular weight is 283 g/mol. The van der Waals surface area contributed by atoms with E-state index in [9.17, 15) is 4.79 Å². The van der Waals surface area contributed by atoms with Crippen molar-refractivity contribution in [3.8, 4) is 0 Å². The zero-order chi connectivity index (χ0) is 13.7. The van der Waals surface area contributed by atoms with Crippen LogP contribution in [0.5, 0.6) is 0 Å². The van der Waals surface area contributed by atoms with Crippen LogP contribution in [0.2, 0.25) is 0 Å². The first-order valence-electron chi connectivity index (χ1n) is 6.65. The smallest absolute Gasteiger partial charge is 0.275 e. The van der Waals surface area contributed by atoms with Crippen LogP contribution >= 0.6 is 11.3 Å². The van der Waals surface area contributed by atoms with Gasteiger partial charge in [0, 0.05) is 19.7 Å². The lowest BCUT2D eigenvalue weighted by atomic mass is 10.1. The highest BCUT2D eigenvalue weighted by atomic mass is 32.1. The maximum Gasteiger partial charge on any atom is 0.275 e. The topological polar surface area (TPSA) is 67.6 Å². The number of likely N-dealkylation sites (tertiary alicyclic amines) is 1. The molecule has 1 saturated heterocycles. The highest BCUT2D eigenvalue weighted by Crippen LogP contribution is 2.21. The van der Waals surface area contributed by atoms with Crippen molar-refractivity contribution in [2.24, 2.45) is 5.84 Å². The van der Waals surface area contributed by atoms with Gasteiger partial charge in [-0.2, -0.15) is 0 Å². The van der Waals surface area contributed by atoms with Crippen molar-refractivity contribution in [2.75, 3.05) is 19.7 Å². The van der Waals surface area contributed by atoms with Crippen molar-refractivity contribution >= 4 is 17.2 Å². The standard InChI is InChI=1S/C13H21N3O2S/c1-2-18-11-4-3-6-16(9-11)8-10-5-7-19-12(10)13(17)15-14/h5,7,11H,2-4,6,8-9,14H2,1H3,(H,15,17). The minimum Gasteiger partial charge on any atom is -0.377 e. The Morgan fingerprint density at radius 2 is 2.53 bits per heavy atom. The van der Waals surface area contributed by atoms with E-state index in [1.807, 2.05) is 18.4 Å². The van der Waals surface area contributed by atoms with Gasteiger partial charge in [0.15, 0.2) is 0 Å². The minimum absolute atomic E-state index is 0.205. The lowest BCUT2D eigenvalue weighted by molar-refractivity contribution is 0.00362. The Labute approximate surface area is 117 Å². The second-order valence-corrected chi connectivity index (χ2v) is 5.62. The van der Waals surface area contributed by atoms with Crippen molar-refractivity contribution in [3.05, 3.63) is 21.9 Å². The van der Waals surface area contributed by atoms with Gasteiger partial charge < -0.3 is 4.74 Å². The highest BCUT2D eigenvalue weighted by Gasteiger charge is 2.22. The summed E-state index contributed by atoms with van der Waals surface area (Å²) in [5, 5.41) is 1.93. The lowest BCUT2D eigenvalue weighted by Gasteiger charge is -2.32. The quantitative estimate of drug-likeness (QED) is 0.486. The number of amides is 1. The van der Waals surface area contributed by atoms with Gasteiger partial charge in [0.1, 0.15) is 0 Å². The molecule has 5 nitrogen and oxygen atoms in total. The molecule has 106 valence electrons. The Morgan fingerprint density at radius 1 is 1.68 bits per heavy atom. The number of piperidine rings is 1. The Balaban J connectivity index is 1.97. The fraction of sp³-hybridized carbons (Fsp3) is 0.615. The molecule has 0 saturated carbocycles. The molecule has 19 heavy (non-hydrogen) atoms. The molecule has 6 heteroatoms. The van der Waals surface area contributed by atoms with Gasteiger partial charge in [-0.05, 0) is 43.3 Å². The molecule has 1 fully saturated rings. The molecule has 3 N–H and O–H groups in total. The summed E-state index contributed by atoms with van der Waals surface area (Å²) in [7, 11) is 0. The molecule has 0 spiro atoms. The molecule has 0 aliphatic carbocycles. The van der Waals surface area contributed by atoms with Gasteiger partial charge in [-0.25, -0.2) is 5.84 Å². The lowest BCUT2D eigenvalue weighted by Crippen LogP contribution is -2.39. The molecule has 2 rings (SSSR count). The Kier molecular flexibility index (Phi) is 5.33. The summed E-state index contributed by atoms with van der Waals surface area (Å²) >= 11 is 1.43. The van der Waals surface area contributed by atoms with Crippen LogP contribution in [0.1, 0.15) is 35.0 Å². The fourth-order valence-corrected chi connectivity index (χ4v) is 3.31. The van der Waals surface area contributed by atoms with Crippen LogP contribution in [0.3, 0.4) is 0 Å². The third-order valence-corrected chi connectivity index (χ3v) is 4.30. The molecular weight excluding hydrogens is 262 g/mol. The number of rotatable bonds is 5. The number of nitrogen functional groups attached to an aromatic ring is 1. The first kappa shape index (κ1) is 14.5. The summed E-state index contributed by atoms with van der Waals surface area (Å²) in [6.45, 7) is 5.58. The number of carbonyl (C=O) groups is 1. The van der Waals surface area contributed by atoms with Gasteiger partial charge in [-0.1, -0.05) is 0 Å². The predicted octanol–water partition coefficient (Wildman–Crippen LogP) is 1.35. The largest absolute Gasteiger partial charge is 0.377 e. The van der Waals surface area contributed by atoms with Crippen molar-refractivity contribution in [1.82, 2.24) is 10.3 Å². The molecule has 2 heterocycles. The number of hydrogen-bond donors (Lipinski definition) is 2. The predicted molar refractivity (Wildman–Crippen MR) is 75.9 cm³/mol. The summed E-state index contributed by atoms with van der Waals surface area (Å²) in [4.78, 5) is 14.7. The van der Waals surface area contributed by atoms with Crippen molar-refractivity contribution in [3.63, 3.8) is 0 Å². The molecule has 0 bridgehead atoms. The molecule has 1 unspecified atom stereocenters. The van der Waals surface area contributed by atoms with Crippen LogP contribution in [0.4, 0.5) is 0 Å². The maximum atomic E-state index is 11.6. The van der Waals surface area contributed by atoms with Gasteiger partial charge in [-0.3, -0.25) is 15.1 Å². The van der Waals surface area contributed by atoms with Gasteiger partial charge in [0.05, 0.1) is 11.0 Å². The molecular formula is C13H21N3O2S. The second kappa shape index (κ2) is 7.00. The van der Waals surface area contributed by atoms with Crippen LogP contribution in [-0.2, 0) is 11.3 Å². The average Bonchev–Trinajstić information content (AvgIpc) is 2.87. The maximum absolute atomic E-state index is 11.6. The molecule has 1 aliphatic heterocycles.